The summed E-state index contributed by atoms with van der Waals surface area (Å²) in [5, 5.41) is 4.74. The van der Waals surface area contributed by atoms with Gasteiger partial charge in [0.15, 0.2) is 0 Å². The summed E-state index contributed by atoms with van der Waals surface area (Å²) >= 11 is 0. The average molecular weight is 417 g/mol. The van der Waals surface area contributed by atoms with E-state index >= 15 is 0 Å². The van der Waals surface area contributed by atoms with Gasteiger partial charge in [0.2, 0.25) is 10.0 Å². The summed E-state index contributed by atoms with van der Waals surface area (Å²) in [6, 6.07) is 3.53. The summed E-state index contributed by atoms with van der Waals surface area (Å²) in [5.41, 5.74) is 0.205. The van der Waals surface area contributed by atoms with Crippen LogP contribution in [0.1, 0.15) is 12.0 Å². The Kier molecular flexibility index (Phi) is 7.87. The second-order valence-electron chi connectivity index (χ2n) is 6.16. The third-order valence-corrected chi connectivity index (χ3v) is 6.01. The molecule has 0 radical (unpaired) electrons. The molecule has 1 atom stereocenters. The van der Waals surface area contributed by atoms with Crippen LogP contribution in [0.4, 0.5) is 4.39 Å². The molecule has 1 aliphatic rings. The van der Waals surface area contributed by atoms with Crippen molar-refractivity contribution in [2.45, 2.75) is 24.5 Å². The van der Waals surface area contributed by atoms with Crippen LogP contribution in [0.25, 0.3) is 0 Å². The zero-order valence-electron chi connectivity index (χ0n) is 15.7. The maximum atomic E-state index is 13.5. The van der Waals surface area contributed by atoms with Crippen molar-refractivity contribution in [2.75, 3.05) is 40.0 Å². The van der Waals surface area contributed by atoms with Crippen LogP contribution in [0.5, 0.6) is 0 Å². The topological polar surface area (TPSA) is 114 Å². The number of carbonyl (C=O) groups is 2. The van der Waals surface area contributed by atoms with Crippen molar-refractivity contribution in [3.63, 3.8) is 0 Å². The Balaban J connectivity index is 2.06. The molecule has 1 fully saturated rings. The summed E-state index contributed by atoms with van der Waals surface area (Å²) in [6.45, 7) is 2.20. The van der Waals surface area contributed by atoms with E-state index in [9.17, 15) is 22.4 Å². The van der Waals surface area contributed by atoms with Gasteiger partial charge in [-0.1, -0.05) is 0 Å². The molecule has 156 valence electrons. The minimum Gasteiger partial charge on any atom is -0.383 e. The first-order valence-corrected chi connectivity index (χ1v) is 10.2. The number of aryl methyl sites for hydroxylation is 1. The number of halogens is 1. The molecule has 0 aromatic heterocycles. The number of ether oxygens (including phenoxy) is 2. The Morgan fingerprint density at radius 3 is 2.71 bits per heavy atom. The van der Waals surface area contributed by atoms with Gasteiger partial charge in [-0.3, -0.25) is 9.59 Å². The summed E-state index contributed by atoms with van der Waals surface area (Å²) < 4.78 is 50.7. The smallest absolute Gasteiger partial charge is 0.309 e. The zero-order chi connectivity index (χ0) is 20.7. The van der Waals surface area contributed by atoms with Crippen LogP contribution in [0.3, 0.4) is 0 Å². The molecule has 0 unspecified atom stereocenters. The van der Waals surface area contributed by atoms with E-state index in [1.807, 2.05) is 0 Å². The van der Waals surface area contributed by atoms with Crippen molar-refractivity contribution >= 4 is 21.8 Å². The summed E-state index contributed by atoms with van der Waals surface area (Å²) in [7, 11) is -2.50. The summed E-state index contributed by atoms with van der Waals surface area (Å²) in [6.07, 6.45) is -0.499. The maximum Gasteiger partial charge on any atom is 0.309 e. The van der Waals surface area contributed by atoms with Crippen LogP contribution in [-0.4, -0.2) is 70.7 Å². The predicted molar refractivity (Wildman–Crippen MR) is 97.3 cm³/mol. The lowest BCUT2D eigenvalue weighted by molar-refractivity contribution is -0.140. The molecule has 1 aromatic rings. The highest BCUT2D eigenvalue weighted by molar-refractivity contribution is 7.89. The quantitative estimate of drug-likeness (QED) is 0.467. The number of rotatable bonds is 7. The number of benzene rings is 1. The van der Waals surface area contributed by atoms with Crippen LogP contribution < -0.4 is 10.6 Å². The molecule has 0 spiro atoms. The van der Waals surface area contributed by atoms with Gasteiger partial charge >= 0.3 is 11.8 Å². The van der Waals surface area contributed by atoms with Gasteiger partial charge in [-0.05, 0) is 37.1 Å². The molecule has 0 bridgehead atoms. The SMILES string of the molecule is COCCNC(=O)C(=O)NC[C@@H]1OCCCN1S(=O)(=O)c1ccc(F)c(C)c1. The lowest BCUT2D eigenvalue weighted by Gasteiger charge is -2.34. The van der Waals surface area contributed by atoms with Crippen LogP contribution in [0.2, 0.25) is 0 Å². The van der Waals surface area contributed by atoms with Crippen molar-refractivity contribution in [1.82, 2.24) is 14.9 Å². The molecule has 1 aromatic carbocycles. The number of nitrogens with zero attached hydrogens (tertiary/aromatic N) is 1. The van der Waals surface area contributed by atoms with Gasteiger partial charge in [0.1, 0.15) is 12.0 Å². The Bertz CT molecular complexity index is 817. The highest BCUT2D eigenvalue weighted by Gasteiger charge is 2.35. The monoisotopic (exact) mass is 417 g/mol. The normalized spacial score (nSPS) is 17.9. The number of hydrogen-bond acceptors (Lipinski definition) is 6. The van der Waals surface area contributed by atoms with E-state index in [1.54, 1.807) is 0 Å². The minimum absolute atomic E-state index is 0.0643. The highest BCUT2D eigenvalue weighted by atomic mass is 32.2. The van der Waals surface area contributed by atoms with E-state index in [4.69, 9.17) is 9.47 Å². The van der Waals surface area contributed by atoms with Gasteiger partial charge in [-0.15, -0.1) is 0 Å². The molecule has 0 saturated carbocycles. The maximum absolute atomic E-state index is 13.5. The third-order valence-electron chi connectivity index (χ3n) is 4.13. The first-order chi connectivity index (χ1) is 13.3. The fourth-order valence-corrected chi connectivity index (χ4v) is 4.27. The van der Waals surface area contributed by atoms with E-state index in [-0.39, 0.29) is 36.7 Å². The van der Waals surface area contributed by atoms with E-state index in [1.165, 1.54) is 26.2 Å². The van der Waals surface area contributed by atoms with Crippen LogP contribution >= 0.6 is 0 Å². The fraction of sp³-hybridized carbons (Fsp3) is 0.529. The fourth-order valence-electron chi connectivity index (χ4n) is 2.62. The molecule has 11 heteroatoms. The molecular weight excluding hydrogens is 393 g/mol. The van der Waals surface area contributed by atoms with E-state index in [0.717, 1.165) is 10.4 Å². The Labute approximate surface area is 163 Å². The van der Waals surface area contributed by atoms with E-state index < -0.39 is 33.9 Å². The summed E-state index contributed by atoms with van der Waals surface area (Å²) in [5.74, 6) is -2.26. The Hall–Kier alpha value is -2.08. The van der Waals surface area contributed by atoms with Gasteiger partial charge in [0.25, 0.3) is 0 Å². The number of methoxy groups -OCH3 is 1. The summed E-state index contributed by atoms with van der Waals surface area (Å²) in [4.78, 5) is 23.5. The molecule has 1 heterocycles. The van der Waals surface area contributed by atoms with Gasteiger partial charge in [0.05, 0.1) is 24.7 Å². The highest BCUT2D eigenvalue weighted by Crippen LogP contribution is 2.23. The molecule has 2 amide bonds. The lowest BCUT2D eigenvalue weighted by atomic mass is 10.2. The van der Waals surface area contributed by atoms with Gasteiger partial charge in [0, 0.05) is 20.2 Å². The third kappa shape index (κ3) is 5.47. The van der Waals surface area contributed by atoms with Crippen LogP contribution in [-0.2, 0) is 29.1 Å². The zero-order valence-corrected chi connectivity index (χ0v) is 16.6. The van der Waals surface area contributed by atoms with Crippen LogP contribution in [0, 0.1) is 12.7 Å². The number of hydrogen-bond donors (Lipinski definition) is 2. The van der Waals surface area contributed by atoms with Crippen molar-refractivity contribution in [3.05, 3.63) is 29.6 Å². The lowest BCUT2D eigenvalue weighted by Crippen LogP contribution is -2.53. The first kappa shape index (κ1) is 22.2. The molecular formula is C17H24FN3O6S. The molecule has 9 nitrogen and oxygen atoms in total. The molecule has 1 saturated heterocycles. The molecule has 2 N–H and O–H groups in total. The second kappa shape index (κ2) is 9.92. The largest absolute Gasteiger partial charge is 0.383 e. The van der Waals surface area contributed by atoms with Crippen LogP contribution in [0.15, 0.2) is 23.1 Å². The Morgan fingerprint density at radius 1 is 1.32 bits per heavy atom. The van der Waals surface area contributed by atoms with Crippen molar-refractivity contribution < 1.29 is 31.9 Å². The van der Waals surface area contributed by atoms with Gasteiger partial charge in [-0.25, -0.2) is 12.8 Å². The van der Waals surface area contributed by atoms with E-state index in [0.29, 0.717) is 13.0 Å². The molecule has 1 aliphatic heterocycles. The molecule has 2 rings (SSSR count). The average Bonchev–Trinajstić information content (AvgIpc) is 2.68. The number of carbonyl (C=O) groups excluding carboxylic acids is 2. The van der Waals surface area contributed by atoms with Gasteiger partial charge in [-0.2, -0.15) is 4.31 Å². The number of sulfonamides is 1. The minimum atomic E-state index is -3.96. The van der Waals surface area contributed by atoms with Gasteiger partial charge < -0.3 is 20.1 Å². The van der Waals surface area contributed by atoms with Crippen molar-refractivity contribution in [3.8, 4) is 0 Å². The van der Waals surface area contributed by atoms with E-state index in [2.05, 4.69) is 10.6 Å². The molecule has 0 aliphatic carbocycles. The van der Waals surface area contributed by atoms with Crippen molar-refractivity contribution in [2.24, 2.45) is 0 Å². The molecule has 28 heavy (non-hydrogen) atoms. The standard InChI is InChI=1S/C17H24FN3O6S/c1-12-10-13(4-5-14(12)18)28(24,25)21-7-3-8-27-15(21)11-20-17(23)16(22)19-6-9-26-2/h4-5,10,15H,3,6-9,11H2,1-2H3,(H,19,22)(H,20,23)/t15-/m0/s1. The predicted octanol–water partition coefficient (Wildman–Crippen LogP) is -0.250. The first-order valence-electron chi connectivity index (χ1n) is 8.72. The van der Waals surface area contributed by atoms with Crippen molar-refractivity contribution in [1.29, 1.82) is 0 Å². The second-order valence-corrected chi connectivity index (χ2v) is 8.06. The number of nitrogens with one attached hydrogen (secondary N) is 2. The number of amides is 2. The Morgan fingerprint density at radius 2 is 2.04 bits per heavy atom.